The van der Waals surface area contributed by atoms with Crippen LogP contribution >= 0.6 is 24.0 Å². The van der Waals surface area contributed by atoms with Crippen LogP contribution in [0.1, 0.15) is 22.3 Å². The van der Waals surface area contributed by atoms with Crippen molar-refractivity contribution in [2.45, 2.75) is 26.6 Å². The van der Waals surface area contributed by atoms with Gasteiger partial charge in [-0.3, -0.25) is 4.99 Å². The molecule has 0 aliphatic heterocycles. The highest BCUT2D eigenvalue weighted by Crippen LogP contribution is 2.11. The molecule has 0 radical (unpaired) electrons. The number of ether oxygens (including phenoxy) is 1. The Bertz CT molecular complexity index is 707. The molecule has 0 spiro atoms. The van der Waals surface area contributed by atoms with Crippen LogP contribution in [-0.4, -0.2) is 20.1 Å². The van der Waals surface area contributed by atoms with Gasteiger partial charge in [-0.25, -0.2) is 4.39 Å². The summed E-state index contributed by atoms with van der Waals surface area (Å²) >= 11 is 0. The number of aliphatic imine (C=N–C) groups is 1. The van der Waals surface area contributed by atoms with Crippen LogP contribution in [0.5, 0.6) is 0 Å². The summed E-state index contributed by atoms with van der Waals surface area (Å²) in [6.07, 6.45) is 0. The van der Waals surface area contributed by atoms with Gasteiger partial charge < -0.3 is 15.4 Å². The second-order valence-electron chi connectivity index (χ2n) is 5.63. The van der Waals surface area contributed by atoms with Crippen molar-refractivity contribution in [3.63, 3.8) is 0 Å². The van der Waals surface area contributed by atoms with Crippen molar-refractivity contribution in [1.29, 1.82) is 0 Å². The normalized spacial score (nSPS) is 11.0. The molecule has 136 valence electrons. The van der Waals surface area contributed by atoms with Gasteiger partial charge in [-0.15, -0.1) is 24.0 Å². The molecule has 0 saturated carbocycles. The number of hydrogen-bond donors (Lipinski definition) is 2. The summed E-state index contributed by atoms with van der Waals surface area (Å²) in [5.74, 6) is 0.455. The lowest BCUT2D eigenvalue weighted by molar-refractivity contribution is 0.181. The predicted octanol–water partition coefficient (Wildman–Crippen LogP) is 3.76. The third kappa shape index (κ3) is 6.99. The molecule has 6 heteroatoms. The number of aryl methyl sites for hydroxylation is 1. The second-order valence-corrected chi connectivity index (χ2v) is 5.63. The third-order valence-corrected chi connectivity index (χ3v) is 3.64. The Kier molecular flexibility index (Phi) is 9.44. The highest BCUT2D eigenvalue weighted by molar-refractivity contribution is 14.0. The molecule has 2 N–H and O–H groups in total. The molecule has 0 unspecified atom stereocenters. The van der Waals surface area contributed by atoms with Crippen molar-refractivity contribution < 1.29 is 9.13 Å². The van der Waals surface area contributed by atoms with Crippen LogP contribution in [0.2, 0.25) is 0 Å². The average Bonchev–Trinajstić information content (AvgIpc) is 2.58. The molecule has 4 nitrogen and oxygen atoms in total. The van der Waals surface area contributed by atoms with Gasteiger partial charge in [-0.05, 0) is 30.2 Å². The van der Waals surface area contributed by atoms with E-state index in [0.717, 1.165) is 5.56 Å². The minimum Gasteiger partial charge on any atom is -0.380 e. The molecule has 0 saturated heterocycles. The van der Waals surface area contributed by atoms with Gasteiger partial charge in [-0.1, -0.05) is 35.9 Å². The zero-order valence-corrected chi connectivity index (χ0v) is 17.1. The molecule has 0 fully saturated rings. The number of nitrogens with zero attached hydrogens (tertiary/aromatic N) is 1. The molecule has 0 bridgehead atoms. The topological polar surface area (TPSA) is 45.7 Å². The molecule has 0 amide bonds. The van der Waals surface area contributed by atoms with Crippen LogP contribution < -0.4 is 10.6 Å². The summed E-state index contributed by atoms with van der Waals surface area (Å²) in [4.78, 5) is 4.21. The van der Waals surface area contributed by atoms with E-state index >= 15 is 0 Å². The minimum atomic E-state index is -0.248. The number of methoxy groups -OCH3 is 1. The number of halogens is 2. The highest BCUT2D eigenvalue weighted by atomic mass is 127. The summed E-state index contributed by atoms with van der Waals surface area (Å²) in [7, 11) is 3.29. The monoisotopic (exact) mass is 457 g/mol. The maximum Gasteiger partial charge on any atom is 0.191 e. The fraction of sp³-hybridized carbons (Fsp3) is 0.316. The van der Waals surface area contributed by atoms with E-state index in [1.54, 1.807) is 26.3 Å². The van der Waals surface area contributed by atoms with Crippen molar-refractivity contribution >= 4 is 29.9 Å². The molecule has 0 aromatic heterocycles. The lowest BCUT2D eigenvalue weighted by atomic mass is 10.1. The first kappa shape index (κ1) is 21.4. The Morgan fingerprint density at radius 3 is 2.36 bits per heavy atom. The number of rotatable bonds is 6. The Hall–Kier alpha value is -1.67. The fourth-order valence-electron chi connectivity index (χ4n) is 2.42. The van der Waals surface area contributed by atoms with E-state index in [4.69, 9.17) is 4.74 Å². The highest BCUT2D eigenvalue weighted by Gasteiger charge is 2.04. The summed E-state index contributed by atoms with van der Waals surface area (Å²) in [5.41, 5.74) is 3.96. The number of guanidine groups is 1. The van der Waals surface area contributed by atoms with Crippen molar-refractivity contribution in [2.24, 2.45) is 4.99 Å². The van der Waals surface area contributed by atoms with Gasteiger partial charge in [0.05, 0.1) is 6.61 Å². The molecule has 2 rings (SSSR count). The lowest BCUT2D eigenvalue weighted by Crippen LogP contribution is -2.36. The fourth-order valence-corrected chi connectivity index (χ4v) is 2.42. The summed E-state index contributed by atoms with van der Waals surface area (Å²) in [6, 6.07) is 13.4. The van der Waals surface area contributed by atoms with Crippen LogP contribution in [0.25, 0.3) is 0 Å². The van der Waals surface area contributed by atoms with Crippen LogP contribution in [0.15, 0.2) is 47.5 Å². The van der Waals surface area contributed by atoms with E-state index in [0.29, 0.717) is 24.6 Å². The van der Waals surface area contributed by atoms with Gasteiger partial charge in [0.1, 0.15) is 5.82 Å². The predicted molar refractivity (Wildman–Crippen MR) is 111 cm³/mol. The van der Waals surface area contributed by atoms with Crippen LogP contribution in [0.3, 0.4) is 0 Å². The molecule has 2 aromatic rings. The number of hydrogen-bond acceptors (Lipinski definition) is 2. The standard InChI is InChI=1S/C19H24FN3O.HI/c1-14-5-4-6-15(9-14)11-22-19(21-2)23-12-16-7-8-18(20)17(10-16)13-24-3;/h4-10H,11-13H2,1-3H3,(H2,21,22,23);1H. The summed E-state index contributed by atoms with van der Waals surface area (Å²) in [6.45, 7) is 3.59. The first-order valence-corrected chi connectivity index (χ1v) is 7.88. The molecule has 0 heterocycles. The molecular weight excluding hydrogens is 432 g/mol. The molecular formula is C19H25FIN3O. The Labute approximate surface area is 165 Å². The van der Waals surface area contributed by atoms with Gasteiger partial charge in [0, 0.05) is 32.8 Å². The van der Waals surface area contributed by atoms with E-state index in [2.05, 4.69) is 40.7 Å². The van der Waals surface area contributed by atoms with Crippen molar-refractivity contribution in [3.05, 3.63) is 70.5 Å². The van der Waals surface area contributed by atoms with Crippen LogP contribution in [0, 0.1) is 12.7 Å². The number of benzene rings is 2. The maximum absolute atomic E-state index is 13.6. The third-order valence-electron chi connectivity index (χ3n) is 3.64. The first-order chi connectivity index (χ1) is 11.6. The van der Waals surface area contributed by atoms with E-state index in [1.807, 2.05) is 6.07 Å². The second kappa shape index (κ2) is 11.0. The maximum atomic E-state index is 13.6. The molecule has 0 atom stereocenters. The SMILES string of the molecule is CN=C(NCc1cccc(C)c1)NCc1ccc(F)c(COC)c1.I. The van der Waals surface area contributed by atoms with Crippen molar-refractivity contribution in [1.82, 2.24) is 10.6 Å². The zero-order valence-electron chi connectivity index (χ0n) is 14.8. The lowest BCUT2D eigenvalue weighted by Gasteiger charge is -2.13. The first-order valence-electron chi connectivity index (χ1n) is 7.88. The molecule has 0 aliphatic rings. The van der Waals surface area contributed by atoms with Gasteiger partial charge in [-0.2, -0.15) is 0 Å². The smallest absolute Gasteiger partial charge is 0.191 e. The summed E-state index contributed by atoms with van der Waals surface area (Å²) < 4.78 is 18.6. The van der Waals surface area contributed by atoms with Gasteiger partial charge >= 0.3 is 0 Å². The van der Waals surface area contributed by atoms with Crippen molar-refractivity contribution in [3.8, 4) is 0 Å². The summed E-state index contributed by atoms with van der Waals surface area (Å²) in [5, 5.41) is 6.51. The van der Waals surface area contributed by atoms with Crippen LogP contribution in [-0.2, 0) is 24.4 Å². The van der Waals surface area contributed by atoms with Crippen molar-refractivity contribution in [2.75, 3.05) is 14.2 Å². The largest absolute Gasteiger partial charge is 0.380 e. The Morgan fingerprint density at radius 1 is 1.08 bits per heavy atom. The van der Waals surface area contributed by atoms with E-state index < -0.39 is 0 Å². The molecule has 2 aromatic carbocycles. The zero-order chi connectivity index (χ0) is 17.4. The van der Waals surface area contributed by atoms with E-state index in [9.17, 15) is 4.39 Å². The van der Waals surface area contributed by atoms with Gasteiger partial charge in [0.2, 0.25) is 0 Å². The molecule has 0 aliphatic carbocycles. The average molecular weight is 457 g/mol. The van der Waals surface area contributed by atoms with Crippen LogP contribution in [0.4, 0.5) is 4.39 Å². The molecule has 25 heavy (non-hydrogen) atoms. The van der Waals surface area contributed by atoms with Gasteiger partial charge in [0.25, 0.3) is 0 Å². The Morgan fingerprint density at radius 2 is 1.76 bits per heavy atom. The van der Waals surface area contributed by atoms with Gasteiger partial charge in [0.15, 0.2) is 5.96 Å². The van der Waals surface area contributed by atoms with E-state index in [-0.39, 0.29) is 36.4 Å². The quantitative estimate of drug-likeness (QED) is 0.395. The Balaban J connectivity index is 0.00000312. The van der Waals surface area contributed by atoms with E-state index in [1.165, 1.54) is 17.2 Å². The minimum absolute atomic E-state index is 0. The number of nitrogens with one attached hydrogen (secondary N) is 2.